The Labute approximate surface area is 172 Å². The minimum atomic E-state index is -0.241. The second-order valence-corrected chi connectivity index (χ2v) is 8.34. The Kier molecular flexibility index (Phi) is 4.87. The van der Waals surface area contributed by atoms with E-state index >= 15 is 0 Å². The molecule has 0 aliphatic carbocycles. The molecular formula is C21H22N6OS. The number of benzene rings is 1. The summed E-state index contributed by atoms with van der Waals surface area (Å²) in [7, 11) is 1.82. The van der Waals surface area contributed by atoms with Crippen LogP contribution in [0.4, 0.5) is 5.13 Å². The van der Waals surface area contributed by atoms with Crippen LogP contribution in [0, 0.1) is 13.8 Å². The van der Waals surface area contributed by atoms with E-state index in [4.69, 9.17) is 0 Å². The van der Waals surface area contributed by atoms with Crippen molar-refractivity contribution in [2.75, 3.05) is 5.32 Å². The first-order chi connectivity index (χ1) is 13.8. The Morgan fingerprint density at radius 1 is 1.14 bits per heavy atom. The highest BCUT2D eigenvalue weighted by Gasteiger charge is 2.19. The molecule has 1 aromatic carbocycles. The van der Waals surface area contributed by atoms with Gasteiger partial charge in [-0.15, -0.1) is 10.2 Å². The summed E-state index contributed by atoms with van der Waals surface area (Å²) in [5, 5.41) is 17.6. The molecular weight excluding hydrogens is 384 g/mol. The number of hydrogen-bond acceptors (Lipinski definition) is 6. The third kappa shape index (κ3) is 3.63. The first-order valence-corrected chi connectivity index (χ1v) is 10.2. The second-order valence-electron chi connectivity index (χ2n) is 7.36. The van der Waals surface area contributed by atoms with Gasteiger partial charge >= 0.3 is 0 Å². The van der Waals surface area contributed by atoms with Crippen LogP contribution in [-0.4, -0.2) is 30.9 Å². The fourth-order valence-corrected chi connectivity index (χ4v) is 4.06. The van der Waals surface area contributed by atoms with E-state index in [1.807, 2.05) is 33.0 Å². The topological polar surface area (TPSA) is 85.6 Å². The van der Waals surface area contributed by atoms with E-state index in [1.54, 1.807) is 10.7 Å². The molecule has 0 unspecified atom stereocenters. The van der Waals surface area contributed by atoms with Crippen molar-refractivity contribution < 1.29 is 4.79 Å². The molecule has 0 fully saturated rings. The summed E-state index contributed by atoms with van der Waals surface area (Å²) < 4.78 is 1.69. The van der Waals surface area contributed by atoms with Crippen LogP contribution < -0.4 is 5.32 Å². The molecule has 8 heteroatoms. The number of nitrogens with zero attached hydrogens (tertiary/aromatic N) is 5. The van der Waals surface area contributed by atoms with Gasteiger partial charge in [-0.05, 0) is 31.4 Å². The standard InChI is InChI=1S/C21H22N6OS/c1-11(2)14-6-8-15(9-7-14)20-24-25-21(29-20)23-19(28)16-10-12(3)22-18-17(16)13(4)26-27(18)5/h6-11H,1-5H3,(H,23,25,28). The normalized spacial score (nSPS) is 11.4. The number of aromatic nitrogens is 5. The molecule has 1 N–H and O–H groups in total. The maximum Gasteiger partial charge on any atom is 0.258 e. The number of carbonyl (C=O) groups excluding carboxylic acids is 1. The molecule has 7 nitrogen and oxygen atoms in total. The molecule has 0 aliphatic heterocycles. The van der Waals surface area contributed by atoms with Gasteiger partial charge in [-0.2, -0.15) is 5.10 Å². The molecule has 4 rings (SSSR count). The summed E-state index contributed by atoms with van der Waals surface area (Å²) >= 11 is 1.35. The number of amides is 1. The van der Waals surface area contributed by atoms with Crippen molar-refractivity contribution in [3.05, 3.63) is 52.8 Å². The zero-order chi connectivity index (χ0) is 20.7. The van der Waals surface area contributed by atoms with Crippen LogP contribution in [0.5, 0.6) is 0 Å². The van der Waals surface area contributed by atoms with Crippen molar-refractivity contribution in [3.63, 3.8) is 0 Å². The Morgan fingerprint density at radius 2 is 1.86 bits per heavy atom. The zero-order valence-electron chi connectivity index (χ0n) is 17.0. The molecule has 148 valence electrons. The first-order valence-electron chi connectivity index (χ1n) is 9.39. The van der Waals surface area contributed by atoms with E-state index in [-0.39, 0.29) is 5.91 Å². The second kappa shape index (κ2) is 7.36. The lowest BCUT2D eigenvalue weighted by Gasteiger charge is -2.05. The van der Waals surface area contributed by atoms with E-state index in [0.29, 0.717) is 22.3 Å². The quantitative estimate of drug-likeness (QED) is 0.540. The van der Waals surface area contributed by atoms with E-state index < -0.39 is 0 Å². The molecule has 0 spiro atoms. The first kappa shape index (κ1) is 19.2. The minimum Gasteiger partial charge on any atom is -0.296 e. The molecule has 3 heterocycles. The van der Waals surface area contributed by atoms with Gasteiger partial charge in [-0.1, -0.05) is 49.4 Å². The Balaban J connectivity index is 1.61. The lowest BCUT2D eigenvalue weighted by atomic mass is 10.0. The number of fused-ring (bicyclic) bond motifs is 1. The van der Waals surface area contributed by atoms with Crippen LogP contribution in [-0.2, 0) is 7.05 Å². The van der Waals surface area contributed by atoms with Gasteiger partial charge in [0.05, 0.1) is 16.6 Å². The van der Waals surface area contributed by atoms with Crippen LogP contribution in [0.3, 0.4) is 0 Å². The van der Waals surface area contributed by atoms with Crippen molar-refractivity contribution in [1.29, 1.82) is 0 Å². The number of aryl methyl sites for hydroxylation is 3. The van der Waals surface area contributed by atoms with Gasteiger partial charge in [-0.3, -0.25) is 14.8 Å². The van der Waals surface area contributed by atoms with Gasteiger partial charge in [0.2, 0.25) is 5.13 Å². The van der Waals surface area contributed by atoms with Crippen molar-refractivity contribution >= 4 is 33.4 Å². The van der Waals surface area contributed by atoms with Gasteiger partial charge in [-0.25, -0.2) is 4.98 Å². The Morgan fingerprint density at radius 3 is 2.55 bits per heavy atom. The molecule has 0 saturated heterocycles. The predicted molar refractivity (Wildman–Crippen MR) is 115 cm³/mol. The Bertz CT molecular complexity index is 1210. The number of rotatable bonds is 4. The van der Waals surface area contributed by atoms with Crippen molar-refractivity contribution in [1.82, 2.24) is 25.0 Å². The Hall–Kier alpha value is -3.13. The summed E-state index contributed by atoms with van der Waals surface area (Å²) in [5.74, 6) is 0.236. The van der Waals surface area contributed by atoms with E-state index in [2.05, 4.69) is 51.6 Å². The molecule has 0 aliphatic rings. The van der Waals surface area contributed by atoms with Gasteiger partial charge < -0.3 is 0 Å². The summed E-state index contributed by atoms with van der Waals surface area (Å²) in [5.41, 5.74) is 5.01. The number of hydrogen-bond donors (Lipinski definition) is 1. The van der Waals surface area contributed by atoms with Crippen LogP contribution in [0.15, 0.2) is 30.3 Å². The van der Waals surface area contributed by atoms with E-state index in [0.717, 1.165) is 27.3 Å². The van der Waals surface area contributed by atoms with Gasteiger partial charge in [0.1, 0.15) is 5.01 Å². The largest absolute Gasteiger partial charge is 0.296 e. The third-order valence-corrected chi connectivity index (χ3v) is 5.70. The molecule has 0 atom stereocenters. The number of anilines is 1. The van der Waals surface area contributed by atoms with Gasteiger partial charge in [0, 0.05) is 18.3 Å². The average molecular weight is 407 g/mol. The monoisotopic (exact) mass is 406 g/mol. The molecule has 4 aromatic rings. The lowest BCUT2D eigenvalue weighted by molar-refractivity contribution is 0.102. The van der Waals surface area contributed by atoms with Crippen LogP contribution in [0.1, 0.15) is 47.1 Å². The molecule has 0 bridgehead atoms. The van der Waals surface area contributed by atoms with Gasteiger partial charge in [0.15, 0.2) is 5.65 Å². The molecule has 29 heavy (non-hydrogen) atoms. The highest BCUT2D eigenvalue weighted by molar-refractivity contribution is 7.18. The van der Waals surface area contributed by atoms with Gasteiger partial charge in [0.25, 0.3) is 5.91 Å². The predicted octanol–water partition coefficient (Wildman–Crippen LogP) is 4.48. The van der Waals surface area contributed by atoms with Crippen molar-refractivity contribution in [2.45, 2.75) is 33.6 Å². The summed E-state index contributed by atoms with van der Waals surface area (Å²) in [6.45, 7) is 8.06. The smallest absolute Gasteiger partial charge is 0.258 e. The highest BCUT2D eigenvalue weighted by atomic mass is 32.1. The van der Waals surface area contributed by atoms with Crippen LogP contribution in [0.2, 0.25) is 0 Å². The number of carbonyl (C=O) groups is 1. The number of nitrogens with one attached hydrogen (secondary N) is 1. The summed E-state index contributed by atoms with van der Waals surface area (Å²) in [6, 6.07) is 10.0. The summed E-state index contributed by atoms with van der Waals surface area (Å²) in [4.78, 5) is 17.5. The molecule has 1 amide bonds. The van der Waals surface area contributed by atoms with E-state index in [9.17, 15) is 4.79 Å². The molecule has 3 aromatic heterocycles. The van der Waals surface area contributed by atoms with Crippen LogP contribution in [0.25, 0.3) is 21.6 Å². The zero-order valence-corrected chi connectivity index (χ0v) is 17.8. The van der Waals surface area contributed by atoms with Crippen molar-refractivity contribution in [3.8, 4) is 10.6 Å². The maximum absolute atomic E-state index is 13.0. The minimum absolute atomic E-state index is 0.241. The third-order valence-electron chi connectivity index (χ3n) is 4.81. The fourth-order valence-electron chi connectivity index (χ4n) is 3.31. The maximum atomic E-state index is 13.0. The number of pyridine rings is 1. The van der Waals surface area contributed by atoms with Crippen LogP contribution >= 0.6 is 11.3 Å². The lowest BCUT2D eigenvalue weighted by Crippen LogP contribution is -2.13. The summed E-state index contributed by atoms with van der Waals surface area (Å²) in [6.07, 6.45) is 0. The van der Waals surface area contributed by atoms with E-state index in [1.165, 1.54) is 16.9 Å². The molecule has 0 saturated carbocycles. The fraction of sp³-hybridized carbons (Fsp3) is 0.286. The van der Waals surface area contributed by atoms with Crippen molar-refractivity contribution in [2.24, 2.45) is 7.05 Å². The SMILES string of the molecule is Cc1cc(C(=O)Nc2nnc(-c3ccc(C(C)C)cc3)s2)c2c(C)nn(C)c2n1. The average Bonchev–Trinajstić information content (AvgIpc) is 3.26. The highest BCUT2D eigenvalue weighted by Crippen LogP contribution is 2.29. The molecule has 0 radical (unpaired) electrons.